The number of para-hydroxylation sites is 2. The van der Waals surface area contributed by atoms with Gasteiger partial charge in [0.15, 0.2) is 39.9 Å². The van der Waals surface area contributed by atoms with Gasteiger partial charge in [0.25, 0.3) is 0 Å². The molecule has 2 aromatic carbocycles. The Kier molecular flexibility index (Phi) is 4.88. The molecule has 0 N–H and O–H groups in total. The highest BCUT2D eigenvalue weighted by molar-refractivity contribution is 7.16. The summed E-state index contributed by atoms with van der Waals surface area (Å²) in [5.74, 6) is 3.72. The van der Waals surface area contributed by atoms with Crippen molar-refractivity contribution >= 4 is 16.3 Å². The predicted molar refractivity (Wildman–Crippen MR) is 111 cm³/mol. The van der Waals surface area contributed by atoms with Gasteiger partial charge in [-0.25, -0.2) is 0 Å². The van der Waals surface area contributed by atoms with Crippen LogP contribution < -0.4 is 18.9 Å². The second kappa shape index (κ2) is 7.83. The maximum atomic E-state index is 6.07. The van der Waals surface area contributed by atoms with Crippen molar-refractivity contribution in [2.75, 3.05) is 20.8 Å². The molecule has 154 valence electrons. The Morgan fingerprint density at radius 2 is 1.87 bits per heavy atom. The Hall–Kier alpha value is -3.33. The van der Waals surface area contributed by atoms with E-state index in [4.69, 9.17) is 24.0 Å². The van der Waals surface area contributed by atoms with Crippen molar-refractivity contribution in [3.05, 3.63) is 58.9 Å². The predicted octanol–water partition coefficient (Wildman–Crippen LogP) is 3.50. The van der Waals surface area contributed by atoms with Gasteiger partial charge in [0.05, 0.1) is 14.2 Å². The lowest BCUT2D eigenvalue weighted by Gasteiger charge is -2.24. The average molecular weight is 424 g/mol. The quantitative estimate of drug-likeness (QED) is 0.469. The van der Waals surface area contributed by atoms with E-state index >= 15 is 0 Å². The molecule has 0 aliphatic carbocycles. The molecule has 5 rings (SSSR count). The fourth-order valence-electron chi connectivity index (χ4n) is 3.39. The molecule has 1 unspecified atom stereocenters. The first-order valence-corrected chi connectivity index (χ1v) is 10.4. The maximum Gasteiger partial charge on any atom is 0.234 e. The van der Waals surface area contributed by atoms with Gasteiger partial charge in [0.2, 0.25) is 4.96 Å². The number of nitrogens with zero attached hydrogens (tertiary/aromatic N) is 4. The normalized spacial score (nSPS) is 15.3. The molecule has 30 heavy (non-hydrogen) atoms. The molecule has 4 aromatic rings. The van der Waals surface area contributed by atoms with Gasteiger partial charge in [-0.2, -0.15) is 9.61 Å². The summed E-state index contributed by atoms with van der Waals surface area (Å²) in [6.45, 7) is 0.419. The SMILES string of the molecule is COc1ccc(CCc2nnc3sc(C4COc5ccccc5O4)nn23)cc1OC. The van der Waals surface area contributed by atoms with E-state index in [1.807, 2.05) is 42.5 Å². The fourth-order valence-corrected chi connectivity index (χ4v) is 4.26. The van der Waals surface area contributed by atoms with Gasteiger partial charge in [-0.15, -0.1) is 10.2 Å². The van der Waals surface area contributed by atoms with E-state index in [1.165, 1.54) is 11.3 Å². The molecule has 0 radical (unpaired) electrons. The Balaban J connectivity index is 1.33. The Labute approximate surface area is 177 Å². The molecule has 1 atom stereocenters. The molecule has 3 heterocycles. The first kappa shape index (κ1) is 18.7. The molecular formula is C21H20N4O4S. The lowest BCUT2D eigenvalue weighted by atomic mass is 10.1. The molecule has 0 spiro atoms. The van der Waals surface area contributed by atoms with Crippen LogP contribution in [0, 0.1) is 0 Å². The Morgan fingerprint density at radius 1 is 1.03 bits per heavy atom. The summed E-state index contributed by atoms with van der Waals surface area (Å²) in [5, 5.41) is 14.1. The van der Waals surface area contributed by atoms with Crippen molar-refractivity contribution in [3.63, 3.8) is 0 Å². The molecule has 0 saturated heterocycles. The molecule has 1 aliphatic heterocycles. The van der Waals surface area contributed by atoms with Gasteiger partial charge in [-0.05, 0) is 36.2 Å². The standard InChI is InChI=1S/C21H20N4O4S/c1-26-14-9-7-13(11-17(14)27-2)8-10-19-22-23-21-25(19)24-20(30-21)18-12-28-15-5-3-4-6-16(15)29-18/h3-7,9,11,18H,8,10,12H2,1-2H3. The maximum absolute atomic E-state index is 6.07. The minimum Gasteiger partial charge on any atom is -0.493 e. The minimum absolute atomic E-state index is 0.259. The fraction of sp³-hybridized carbons (Fsp3) is 0.286. The number of aryl methyl sites for hydroxylation is 2. The molecule has 0 bridgehead atoms. The van der Waals surface area contributed by atoms with Gasteiger partial charge in [0.1, 0.15) is 6.61 Å². The van der Waals surface area contributed by atoms with Gasteiger partial charge in [-0.3, -0.25) is 0 Å². The van der Waals surface area contributed by atoms with E-state index in [1.54, 1.807) is 18.7 Å². The van der Waals surface area contributed by atoms with Crippen LogP contribution in [0.1, 0.15) is 22.5 Å². The largest absolute Gasteiger partial charge is 0.493 e. The van der Waals surface area contributed by atoms with Crippen LogP contribution in [0.2, 0.25) is 0 Å². The van der Waals surface area contributed by atoms with Crippen molar-refractivity contribution < 1.29 is 18.9 Å². The summed E-state index contributed by atoms with van der Waals surface area (Å²) in [5.41, 5.74) is 1.13. The Bertz CT molecular complexity index is 1190. The van der Waals surface area contributed by atoms with Crippen LogP contribution >= 0.6 is 11.3 Å². The van der Waals surface area contributed by atoms with Crippen molar-refractivity contribution in [3.8, 4) is 23.0 Å². The van der Waals surface area contributed by atoms with E-state index in [0.29, 0.717) is 24.5 Å². The molecule has 9 heteroatoms. The lowest BCUT2D eigenvalue weighted by molar-refractivity contribution is 0.0904. The van der Waals surface area contributed by atoms with Crippen molar-refractivity contribution in [1.82, 2.24) is 19.8 Å². The van der Waals surface area contributed by atoms with Crippen LogP contribution in [0.5, 0.6) is 23.0 Å². The third-order valence-corrected chi connectivity index (χ3v) is 5.93. The van der Waals surface area contributed by atoms with Crippen molar-refractivity contribution in [2.24, 2.45) is 0 Å². The van der Waals surface area contributed by atoms with Crippen LogP contribution in [-0.4, -0.2) is 40.6 Å². The van der Waals surface area contributed by atoms with Gasteiger partial charge in [0, 0.05) is 6.42 Å². The van der Waals surface area contributed by atoms with Crippen LogP contribution in [0.4, 0.5) is 0 Å². The summed E-state index contributed by atoms with van der Waals surface area (Å²) < 4.78 is 24.4. The van der Waals surface area contributed by atoms with Crippen LogP contribution in [0.15, 0.2) is 42.5 Å². The summed E-state index contributed by atoms with van der Waals surface area (Å²) in [6.07, 6.45) is 1.22. The first-order chi connectivity index (χ1) is 14.7. The smallest absolute Gasteiger partial charge is 0.234 e. The molecule has 8 nitrogen and oxygen atoms in total. The summed E-state index contributed by atoms with van der Waals surface area (Å²) in [7, 11) is 3.26. The third-order valence-electron chi connectivity index (χ3n) is 4.94. The van der Waals surface area contributed by atoms with Gasteiger partial charge in [-0.1, -0.05) is 29.5 Å². The molecule has 0 amide bonds. The minimum atomic E-state index is -0.259. The number of benzene rings is 2. The second-order valence-electron chi connectivity index (χ2n) is 6.80. The highest BCUT2D eigenvalue weighted by Gasteiger charge is 2.26. The van der Waals surface area contributed by atoms with E-state index in [2.05, 4.69) is 10.2 Å². The highest BCUT2D eigenvalue weighted by Crippen LogP contribution is 2.37. The summed E-state index contributed by atoms with van der Waals surface area (Å²) in [6, 6.07) is 13.6. The summed E-state index contributed by atoms with van der Waals surface area (Å²) >= 11 is 1.47. The molecular weight excluding hydrogens is 404 g/mol. The van der Waals surface area contributed by atoms with E-state index < -0.39 is 0 Å². The number of aromatic nitrogens is 4. The zero-order valence-electron chi connectivity index (χ0n) is 16.6. The lowest BCUT2D eigenvalue weighted by Crippen LogP contribution is -2.21. The van der Waals surface area contributed by atoms with Crippen molar-refractivity contribution in [2.45, 2.75) is 18.9 Å². The van der Waals surface area contributed by atoms with Crippen LogP contribution in [-0.2, 0) is 12.8 Å². The number of methoxy groups -OCH3 is 2. The number of rotatable bonds is 6. The Morgan fingerprint density at radius 3 is 2.70 bits per heavy atom. The van der Waals surface area contributed by atoms with Crippen LogP contribution in [0.25, 0.3) is 4.96 Å². The van der Waals surface area contributed by atoms with E-state index in [0.717, 1.165) is 39.3 Å². The van der Waals surface area contributed by atoms with E-state index in [-0.39, 0.29) is 6.10 Å². The highest BCUT2D eigenvalue weighted by atomic mass is 32.1. The van der Waals surface area contributed by atoms with Crippen molar-refractivity contribution in [1.29, 1.82) is 0 Å². The zero-order chi connectivity index (χ0) is 20.5. The molecule has 0 saturated carbocycles. The topological polar surface area (TPSA) is 80.0 Å². The van der Waals surface area contributed by atoms with Gasteiger partial charge < -0.3 is 18.9 Å². The number of hydrogen-bond acceptors (Lipinski definition) is 8. The monoisotopic (exact) mass is 424 g/mol. The first-order valence-electron chi connectivity index (χ1n) is 9.55. The van der Waals surface area contributed by atoms with E-state index in [9.17, 15) is 0 Å². The number of ether oxygens (including phenoxy) is 4. The molecule has 2 aromatic heterocycles. The van der Waals surface area contributed by atoms with Gasteiger partial charge >= 0.3 is 0 Å². The molecule has 0 fully saturated rings. The zero-order valence-corrected chi connectivity index (χ0v) is 17.4. The summed E-state index contributed by atoms with van der Waals surface area (Å²) in [4.78, 5) is 0.745. The van der Waals surface area contributed by atoms with Crippen LogP contribution in [0.3, 0.4) is 0 Å². The number of fused-ring (bicyclic) bond motifs is 2. The third kappa shape index (κ3) is 3.41. The number of hydrogen-bond donors (Lipinski definition) is 0. The molecule has 1 aliphatic rings. The average Bonchev–Trinajstić information content (AvgIpc) is 3.38. The second-order valence-corrected chi connectivity index (χ2v) is 7.79.